The fourth-order valence-electron chi connectivity index (χ4n) is 5.63. The number of ether oxygens (including phenoxy) is 3. The molecule has 0 fully saturated rings. The Kier molecular flexibility index (Phi) is 9.13. The number of carbonyl (C=O) groups excluding carboxylic acids is 3. The number of nitrogens with zero attached hydrogens (tertiary/aromatic N) is 3. The molecule has 42 heavy (non-hydrogen) atoms. The Morgan fingerprint density at radius 1 is 1.07 bits per heavy atom. The van der Waals surface area contributed by atoms with E-state index in [4.69, 9.17) is 14.2 Å². The summed E-state index contributed by atoms with van der Waals surface area (Å²) < 4.78 is 18.6. The van der Waals surface area contributed by atoms with Crippen LogP contribution in [0, 0.1) is 11.3 Å². The molecule has 1 N–H and O–H groups in total. The number of benzene rings is 1. The second kappa shape index (κ2) is 12.3. The first-order valence-corrected chi connectivity index (χ1v) is 14.8. The van der Waals surface area contributed by atoms with Crippen LogP contribution in [0.5, 0.6) is 0 Å². The highest BCUT2D eigenvalue weighted by molar-refractivity contribution is 6.11. The fraction of sp³-hybridized carbons (Fsp3) is 0.594. The zero-order chi connectivity index (χ0) is 30.8. The minimum absolute atomic E-state index is 0.0199. The minimum Gasteiger partial charge on any atom is -0.444 e. The molecular weight excluding hydrogens is 536 g/mol. The molecule has 1 aromatic carbocycles. The predicted molar refractivity (Wildman–Crippen MR) is 161 cm³/mol. The third-order valence-corrected chi connectivity index (χ3v) is 8.03. The number of nitrogens with one attached hydrogen (secondary N) is 1. The van der Waals surface area contributed by atoms with E-state index in [2.05, 4.69) is 20.9 Å². The summed E-state index contributed by atoms with van der Waals surface area (Å²) in [5.41, 5.74) is 2.12. The topological polar surface area (TPSA) is 102 Å². The summed E-state index contributed by atoms with van der Waals surface area (Å²) in [5, 5.41) is 3.74. The van der Waals surface area contributed by atoms with Gasteiger partial charge in [0.15, 0.2) is 12.5 Å². The van der Waals surface area contributed by atoms with Crippen molar-refractivity contribution < 1.29 is 28.6 Å². The molecule has 3 atom stereocenters. The number of carbonyl (C=O) groups is 3. The lowest BCUT2D eigenvalue weighted by atomic mass is 9.84. The van der Waals surface area contributed by atoms with Crippen molar-refractivity contribution in [1.82, 2.24) is 19.7 Å². The molecule has 10 nitrogen and oxygen atoms in total. The van der Waals surface area contributed by atoms with E-state index in [1.807, 2.05) is 70.2 Å². The lowest BCUT2D eigenvalue weighted by Gasteiger charge is -2.33. The number of alkyl carbamates (subject to hydrolysis) is 1. The van der Waals surface area contributed by atoms with Gasteiger partial charge in [0.25, 0.3) is 0 Å². The monoisotopic (exact) mass is 582 g/mol. The standard InChI is InChI=1S/C32H46N4O6/c1-21-35(19-22-13-14-25-27(28(22)37)23-11-9-10-12-24(23)34(25)8)17-18-36(21)20-40-30(39)41-26(31(2,3)4)15-16-33-29(38)42-32(5,6)7/h9-12,17-18,21-22,26H,13-16,19-20H2,1-8H3,(H,33,38). The number of aryl methyl sites for hydroxylation is 1. The van der Waals surface area contributed by atoms with Gasteiger partial charge in [-0.3, -0.25) is 4.79 Å². The van der Waals surface area contributed by atoms with Crippen molar-refractivity contribution in [3.8, 4) is 0 Å². The van der Waals surface area contributed by atoms with E-state index in [0.29, 0.717) is 19.5 Å². The molecule has 0 spiro atoms. The van der Waals surface area contributed by atoms with Gasteiger partial charge in [-0.2, -0.15) is 0 Å². The number of rotatable bonds is 8. The molecule has 0 saturated carbocycles. The van der Waals surface area contributed by atoms with Gasteiger partial charge in [-0.25, -0.2) is 9.59 Å². The third-order valence-electron chi connectivity index (χ3n) is 8.03. The van der Waals surface area contributed by atoms with Gasteiger partial charge in [-0.15, -0.1) is 0 Å². The number of aromatic nitrogens is 1. The lowest BCUT2D eigenvalue weighted by molar-refractivity contribution is -0.0409. The quantitative estimate of drug-likeness (QED) is 0.390. The summed E-state index contributed by atoms with van der Waals surface area (Å²) in [6.07, 6.45) is 4.07. The van der Waals surface area contributed by atoms with Gasteiger partial charge in [-0.1, -0.05) is 39.0 Å². The highest BCUT2D eigenvalue weighted by Gasteiger charge is 2.35. The first kappa shape index (κ1) is 31.3. The average Bonchev–Trinajstić information content (AvgIpc) is 3.39. The first-order valence-electron chi connectivity index (χ1n) is 14.8. The van der Waals surface area contributed by atoms with Crippen molar-refractivity contribution in [3.05, 3.63) is 47.9 Å². The molecule has 2 heterocycles. The van der Waals surface area contributed by atoms with E-state index < -0.39 is 24.0 Å². The summed E-state index contributed by atoms with van der Waals surface area (Å²) >= 11 is 0. The van der Waals surface area contributed by atoms with Crippen LogP contribution in [0.15, 0.2) is 36.7 Å². The van der Waals surface area contributed by atoms with Crippen LogP contribution < -0.4 is 5.32 Å². The predicted octanol–water partition coefficient (Wildman–Crippen LogP) is 5.80. The van der Waals surface area contributed by atoms with Crippen LogP contribution in [0.25, 0.3) is 10.9 Å². The van der Waals surface area contributed by atoms with Gasteiger partial charge in [-0.05, 0) is 52.0 Å². The number of Topliss-reactive ketones (excluding diaryl/α,β-unsaturated/α-hetero) is 1. The van der Waals surface area contributed by atoms with E-state index in [0.717, 1.165) is 35.0 Å². The van der Waals surface area contributed by atoms with Crippen molar-refractivity contribution in [2.45, 2.75) is 85.6 Å². The van der Waals surface area contributed by atoms with Gasteiger partial charge in [0.2, 0.25) is 0 Å². The number of para-hydroxylation sites is 1. The van der Waals surface area contributed by atoms with Crippen LogP contribution in [-0.2, 0) is 27.7 Å². The summed E-state index contributed by atoms with van der Waals surface area (Å²) in [7, 11) is 2.04. The smallest absolute Gasteiger partial charge is 0.444 e. The van der Waals surface area contributed by atoms with Crippen molar-refractivity contribution >= 4 is 28.9 Å². The Labute approximate surface area is 248 Å². The Morgan fingerprint density at radius 2 is 1.76 bits per heavy atom. The van der Waals surface area contributed by atoms with Gasteiger partial charge < -0.3 is 33.9 Å². The summed E-state index contributed by atoms with van der Waals surface area (Å²) in [4.78, 5) is 42.2. The molecule has 3 unspecified atom stereocenters. The van der Waals surface area contributed by atoms with E-state index in [1.54, 1.807) is 20.8 Å². The maximum Gasteiger partial charge on any atom is 0.510 e. The van der Waals surface area contributed by atoms with Crippen LogP contribution in [0.4, 0.5) is 9.59 Å². The molecule has 0 bridgehead atoms. The number of amides is 1. The zero-order valence-electron chi connectivity index (χ0n) is 26.2. The van der Waals surface area contributed by atoms with Crippen molar-refractivity contribution in [2.24, 2.45) is 18.4 Å². The second-order valence-electron chi connectivity index (χ2n) is 13.4. The van der Waals surface area contributed by atoms with Crippen molar-refractivity contribution in [3.63, 3.8) is 0 Å². The zero-order valence-corrected chi connectivity index (χ0v) is 26.2. The lowest BCUT2D eigenvalue weighted by Crippen LogP contribution is -2.42. The van der Waals surface area contributed by atoms with Crippen LogP contribution in [0.2, 0.25) is 0 Å². The summed E-state index contributed by atoms with van der Waals surface area (Å²) in [6, 6.07) is 8.09. The van der Waals surface area contributed by atoms with Crippen LogP contribution in [0.3, 0.4) is 0 Å². The number of ketones is 1. The molecule has 1 aromatic heterocycles. The van der Waals surface area contributed by atoms with Crippen molar-refractivity contribution in [2.75, 3.05) is 19.8 Å². The SMILES string of the molecule is CC1N(COC(=O)OC(CCNC(=O)OC(C)(C)C)C(C)(C)C)C=CN1CC1CCc2c(c3ccccc3n2C)C1=O. The van der Waals surface area contributed by atoms with E-state index in [9.17, 15) is 14.4 Å². The Morgan fingerprint density at radius 3 is 2.45 bits per heavy atom. The van der Waals surface area contributed by atoms with Gasteiger partial charge >= 0.3 is 12.2 Å². The average molecular weight is 583 g/mol. The molecule has 0 radical (unpaired) electrons. The van der Waals surface area contributed by atoms with Crippen LogP contribution in [-0.4, -0.2) is 70.1 Å². The number of hydrogen-bond donors (Lipinski definition) is 1. The van der Waals surface area contributed by atoms with Crippen LogP contribution >= 0.6 is 0 Å². The maximum absolute atomic E-state index is 13.6. The third kappa shape index (κ3) is 7.20. The Balaban J connectivity index is 1.27. The summed E-state index contributed by atoms with van der Waals surface area (Å²) in [5.74, 6) is 0.0874. The Hall–Kier alpha value is -3.69. The second-order valence-corrected chi connectivity index (χ2v) is 13.4. The maximum atomic E-state index is 13.6. The highest BCUT2D eigenvalue weighted by atomic mass is 16.7. The van der Waals surface area contributed by atoms with E-state index in [1.165, 1.54) is 0 Å². The largest absolute Gasteiger partial charge is 0.510 e. The van der Waals surface area contributed by atoms with Gasteiger partial charge in [0, 0.05) is 67.0 Å². The van der Waals surface area contributed by atoms with Gasteiger partial charge in [0.1, 0.15) is 17.9 Å². The highest BCUT2D eigenvalue weighted by Crippen LogP contribution is 2.35. The van der Waals surface area contributed by atoms with Crippen molar-refractivity contribution in [1.29, 1.82) is 0 Å². The van der Waals surface area contributed by atoms with Gasteiger partial charge in [0.05, 0.1) is 0 Å². The molecule has 4 rings (SSSR count). The number of hydrogen-bond acceptors (Lipinski definition) is 8. The minimum atomic E-state index is -0.766. The van der Waals surface area contributed by atoms with E-state index in [-0.39, 0.29) is 30.0 Å². The molecule has 2 aromatic rings. The fourth-order valence-corrected chi connectivity index (χ4v) is 5.63. The molecule has 1 aliphatic carbocycles. The first-order chi connectivity index (χ1) is 19.7. The molecule has 2 aliphatic rings. The number of fused-ring (bicyclic) bond motifs is 3. The van der Waals surface area contributed by atoms with Crippen LogP contribution in [0.1, 0.15) is 77.4 Å². The normalized spacial score (nSPS) is 19.6. The summed E-state index contributed by atoms with van der Waals surface area (Å²) in [6.45, 7) is 14.2. The molecule has 1 amide bonds. The molecular formula is C32H46N4O6. The molecule has 1 aliphatic heterocycles. The molecule has 230 valence electrons. The Bertz CT molecular complexity index is 1330. The molecule has 0 saturated heterocycles. The van der Waals surface area contributed by atoms with E-state index >= 15 is 0 Å². The molecule has 10 heteroatoms.